The summed E-state index contributed by atoms with van der Waals surface area (Å²) in [5, 5.41) is 8.45. The van der Waals surface area contributed by atoms with Crippen molar-refractivity contribution < 1.29 is 9.53 Å². The number of nitrogens with one attached hydrogen (secondary N) is 1. The van der Waals surface area contributed by atoms with Crippen LogP contribution in [0.25, 0.3) is 16.9 Å². The lowest BCUT2D eigenvalue weighted by molar-refractivity contribution is 0.170. The Labute approximate surface area is 155 Å². The van der Waals surface area contributed by atoms with Crippen molar-refractivity contribution in [2.24, 2.45) is 0 Å². The van der Waals surface area contributed by atoms with E-state index in [0.29, 0.717) is 10.0 Å². The Balaban J connectivity index is 1.84. The highest BCUT2D eigenvalue weighted by Crippen LogP contribution is 2.25. The summed E-state index contributed by atoms with van der Waals surface area (Å²) in [6.07, 6.45) is 1.37. The van der Waals surface area contributed by atoms with Crippen molar-refractivity contribution in [2.45, 2.75) is 6.54 Å². The summed E-state index contributed by atoms with van der Waals surface area (Å²) in [4.78, 5) is 11.2. The Hall–Kier alpha value is -2.50. The molecular weight excluding hydrogens is 361 g/mol. The number of methoxy groups -OCH3 is 1. The molecule has 3 aromatic rings. The Bertz CT molecular complexity index is 892. The van der Waals surface area contributed by atoms with Gasteiger partial charge >= 0.3 is 6.09 Å². The van der Waals surface area contributed by atoms with Crippen molar-refractivity contribution in [1.82, 2.24) is 15.1 Å². The van der Waals surface area contributed by atoms with Crippen molar-refractivity contribution in [2.75, 3.05) is 7.11 Å². The van der Waals surface area contributed by atoms with Crippen LogP contribution < -0.4 is 5.32 Å². The van der Waals surface area contributed by atoms with Crippen LogP contribution in [0.4, 0.5) is 4.79 Å². The van der Waals surface area contributed by atoms with E-state index in [1.54, 1.807) is 10.7 Å². The van der Waals surface area contributed by atoms with E-state index in [9.17, 15) is 4.79 Å². The average molecular weight is 376 g/mol. The first-order valence-electron chi connectivity index (χ1n) is 7.49. The fourth-order valence-electron chi connectivity index (χ4n) is 2.32. The number of carbonyl (C=O) groups excluding carboxylic acids is 1. The number of hydrogen-bond donors (Lipinski definition) is 1. The summed E-state index contributed by atoms with van der Waals surface area (Å²) >= 11 is 12.1. The molecular formula is C18H15Cl2N3O2. The second-order valence-electron chi connectivity index (χ2n) is 5.27. The van der Waals surface area contributed by atoms with Gasteiger partial charge in [-0.15, -0.1) is 0 Å². The smallest absolute Gasteiger partial charge is 0.407 e. The standard InChI is InChI=1S/C18H15Cl2N3O2/c1-25-18(24)21-11-13-10-12(2-7-16(13)20)17-8-9-23(22-17)15-5-3-14(19)4-6-15/h2-10H,11H2,1H3,(H,21,24). The zero-order chi connectivity index (χ0) is 17.8. The Morgan fingerprint density at radius 2 is 1.92 bits per heavy atom. The van der Waals surface area contributed by atoms with Gasteiger partial charge in [0.05, 0.1) is 18.5 Å². The van der Waals surface area contributed by atoms with Crippen molar-refractivity contribution in [3.8, 4) is 16.9 Å². The molecule has 0 aliphatic carbocycles. The molecule has 2 aromatic carbocycles. The first-order chi connectivity index (χ1) is 12.1. The fraction of sp³-hybridized carbons (Fsp3) is 0.111. The number of nitrogens with zero attached hydrogens (tertiary/aromatic N) is 2. The number of rotatable bonds is 4. The molecule has 0 atom stereocenters. The fourth-order valence-corrected chi connectivity index (χ4v) is 2.63. The highest BCUT2D eigenvalue weighted by Gasteiger charge is 2.09. The SMILES string of the molecule is COC(=O)NCc1cc(-c2ccn(-c3ccc(Cl)cc3)n2)ccc1Cl. The molecule has 128 valence electrons. The zero-order valence-electron chi connectivity index (χ0n) is 13.4. The van der Waals surface area contributed by atoms with Crippen LogP contribution in [-0.4, -0.2) is 23.0 Å². The van der Waals surface area contributed by atoms with Crippen molar-refractivity contribution in [1.29, 1.82) is 0 Å². The number of amides is 1. The van der Waals surface area contributed by atoms with Crippen LogP contribution in [0.1, 0.15) is 5.56 Å². The van der Waals surface area contributed by atoms with Crippen LogP contribution in [0.3, 0.4) is 0 Å². The van der Waals surface area contributed by atoms with E-state index < -0.39 is 6.09 Å². The molecule has 0 saturated carbocycles. The van der Waals surface area contributed by atoms with Crippen molar-refractivity contribution >= 4 is 29.3 Å². The van der Waals surface area contributed by atoms with E-state index in [4.69, 9.17) is 23.2 Å². The maximum atomic E-state index is 11.2. The third kappa shape index (κ3) is 4.13. The number of carbonyl (C=O) groups is 1. The lowest BCUT2D eigenvalue weighted by atomic mass is 10.1. The van der Waals surface area contributed by atoms with Gasteiger partial charge in [0.2, 0.25) is 0 Å². The number of halogens is 2. The summed E-state index contributed by atoms with van der Waals surface area (Å²) in [6, 6.07) is 14.9. The predicted molar refractivity (Wildman–Crippen MR) is 98.3 cm³/mol. The Morgan fingerprint density at radius 1 is 1.16 bits per heavy atom. The van der Waals surface area contributed by atoms with Gasteiger partial charge in [0.1, 0.15) is 0 Å². The Kier molecular flexibility index (Phi) is 5.26. The van der Waals surface area contributed by atoms with Crippen LogP contribution >= 0.6 is 23.2 Å². The normalized spacial score (nSPS) is 10.5. The summed E-state index contributed by atoms with van der Waals surface area (Å²) in [7, 11) is 1.32. The van der Waals surface area contributed by atoms with E-state index in [0.717, 1.165) is 22.5 Å². The molecule has 0 saturated heterocycles. The summed E-state index contributed by atoms with van der Waals surface area (Å²) < 4.78 is 6.34. The van der Waals surface area contributed by atoms with Gasteiger partial charge in [0.25, 0.3) is 0 Å². The van der Waals surface area contributed by atoms with Crippen LogP contribution in [0.15, 0.2) is 54.7 Å². The van der Waals surface area contributed by atoms with Crippen molar-refractivity contribution in [3.63, 3.8) is 0 Å². The molecule has 0 bridgehead atoms. The average Bonchev–Trinajstić information content (AvgIpc) is 3.11. The molecule has 1 aromatic heterocycles. The molecule has 1 N–H and O–H groups in total. The molecule has 0 aliphatic rings. The molecule has 7 heteroatoms. The summed E-state index contributed by atoms with van der Waals surface area (Å²) in [6.45, 7) is 0.275. The molecule has 1 heterocycles. The third-order valence-corrected chi connectivity index (χ3v) is 4.25. The van der Waals surface area contributed by atoms with Gasteiger partial charge in [-0.3, -0.25) is 0 Å². The Morgan fingerprint density at radius 3 is 2.64 bits per heavy atom. The second-order valence-corrected chi connectivity index (χ2v) is 6.12. The monoisotopic (exact) mass is 375 g/mol. The summed E-state index contributed by atoms with van der Waals surface area (Å²) in [5.41, 5.74) is 3.40. The lowest BCUT2D eigenvalue weighted by Gasteiger charge is -2.08. The molecule has 3 rings (SSSR count). The van der Waals surface area contributed by atoms with E-state index in [1.807, 2.05) is 48.7 Å². The molecule has 25 heavy (non-hydrogen) atoms. The van der Waals surface area contributed by atoms with Gasteiger partial charge in [0.15, 0.2) is 0 Å². The van der Waals surface area contributed by atoms with Crippen molar-refractivity contribution in [3.05, 3.63) is 70.3 Å². The highest BCUT2D eigenvalue weighted by molar-refractivity contribution is 6.31. The maximum Gasteiger partial charge on any atom is 0.407 e. The van der Waals surface area contributed by atoms with Crippen LogP contribution in [-0.2, 0) is 11.3 Å². The molecule has 1 amide bonds. The molecule has 0 radical (unpaired) electrons. The minimum atomic E-state index is -0.506. The van der Waals surface area contributed by atoms with E-state index in [-0.39, 0.29) is 6.54 Å². The first kappa shape index (κ1) is 17.3. The first-order valence-corrected chi connectivity index (χ1v) is 8.24. The zero-order valence-corrected chi connectivity index (χ0v) is 14.9. The van der Waals surface area contributed by atoms with Gasteiger partial charge in [-0.2, -0.15) is 5.10 Å². The minimum absolute atomic E-state index is 0.275. The van der Waals surface area contributed by atoms with E-state index >= 15 is 0 Å². The lowest BCUT2D eigenvalue weighted by Crippen LogP contribution is -2.22. The number of hydrogen-bond acceptors (Lipinski definition) is 3. The van der Waals surface area contributed by atoms with Crippen LogP contribution in [0.2, 0.25) is 10.0 Å². The molecule has 0 fully saturated rings. The molecule has 0 spiro atoms. The largest absolute Gasteiger partial charge is 0.453 e. The van der Waals surface area contributed by atoms with E-state index in [2.05, 4.69) is 15.2 Å². The second kappa shape index (κ2) is 7.59. The number of benzene rings is 2. The number of alkyl carbamates (subject to hydrolysis) is 1. The third-order valence-electron chi connectivity index (χ3n) is 3.63. The predicted octanol–water partition coefficient (Wildman–Crippen LogP) is 4.70. The quantitative estimate of drug-likeness (QED) is 0.718. The number of ether oxygens (including phenoxy) is 1. The van der Waals surface area contributed by atoms with Gasteiger partial charge in [0, 0.05) is 28.4 Å². The van der Waals surface area contributed by atoms with Crippen LogP contribution in [0.5, 0.6) is 0 Å². The molecule has 0 unspecified atom stereocenters. The number of aromatic nitrogens is 2. The minimum Gasteiger partial charge on any atom is -0.453 e. The van der Waals surface area contributed by atoms with Gasteiger partial charge < -0.3 is 10.1 Å². The topological polar surface area (TPSA) is 56.1 Å². The van der Waals surface area contributed by atoms with Crippen LogP contribution in [0, 0.1) is 0 Å². The molecule has 0 aliphatic heterocycles. The van der Waals surface area contributed by atoms with Gasteiger partial charge in [-0.1, -0.05) is 29.3 Å². The van der Waals surface area contributed by atoms with Gasteiger partial charge in [-0.25, -0.2) is 9.48 Å². The highest BCUT2D eigenvalue weighted by atomic mass is 35.5. The van der Waals surface area contributed by atoms with Gasteiger partial charge in [-0.05, 0) is 48.0 Å². The van der Waals surface area contributed by atoms with E-state index in [1.165, 1.54) is 7.11 Å². The molecule has 5 nitrogen and oxygen atoms in total. The summed E-state index contributed by atoms with van der Waals surface area (Å²) in [5.74, 6) is 0. The maximum absolute atomic E-state index is 11.2.